The number of amides is 1. The Labute approximate surface area is 103 Å². The molecule has 0 atom stereocenters. The van der Waals surface area contributed by atoms with Crippen LogP contribution in [0.3, 0.4) is 0 Å². The standard InChI is InChI=1S/C12H23N3O2/c1-14(8-10-6-11(16)7-10)12(17)9-15-4-2-13-3-5-15/h10-11,13,16H,2-9H2,1H3. The number of carbonyl (C=O) groups is 1. The van der Waals surface area contributed by atoms with Crippen molar-refractivity contribution in [2.75, 3.05) is 46.3 Å². The molecule has 17 heavy (non-hydrogen) atoms. The van der Waals surface area contributed by atoms with Crippen LogP contribution in [0.5, 0.6) is 0 Å². The molecule has 0 aromatic heterocycles. The van der Waals surface area contributed by atoms with Gasteiger partial charge in [-0.1, -0.05) is 0 Å². The minimum absolute atomic E-state index is 0.128. The predicted molar refractivity (Wildman–Crippen MR) is 65.7 cm³/mol. The molecule has 0 unspecified atom stereocenters. The molecule has 0 aromatic carbocycles. The summed E-state index contributed by atoms with van der Waals surface area (Å²) in [5.41, 5.74) is 0. The summed E-state index contributed by atoms with van der Waals surface area (Å²) in [5.74, 6) is 0.704. The first kappa shape index (κ1) is 12.8. The highest BCUT2D eigenvalue weighted by molar-refractivity contribution is 5.78. The average Bonchev–Trinajstić information content (AvgIpc) is 2.28. The third-order valence-electron chi connectivity index (χ3n) is 3.74. The summed E-state index contributed by atoms with van der Waals surface area (Å²) in [5, 5.41) is 12.5. The fourth-order valence-electron chi connectivity index (χ4n) is 2.52. The van der Waals surface area contributed by atoms with Crippen molar-refractivity contribution in [1.29, 1.82) is 0 Å². The van der Waals surface area contributed by atoms with Crippen molar-refractivity contribution >= 4 is 5.91 Å². The second-order valence-electron chi connectivity index (χ2n) is 5.29. The Morgan fingerprint density at radius 3 is 2.65 bits per heavy atom. The molecule has 98 valence electrons. The van der Waals surface area contributed by atoms with E-state index in [4.69, 9.17) is 0 Å². The first-order chi connectivity index (χ1) is 8.15. The molecule has 1 saturated heterocycles. The molecular weight excluding hydrogens is 218 g/mol. The molecule has 1 amide bonds. The van der Waals surface area contributed by atoms with Crippen molar-refractivity contribution in [2.45, 2.75) is 18.9 Å². The van der Waals surface area contributed by atoms with Gasteiger partial charge in [0.05, 0.1) is 12.6 Å². The van der Waals surface area contributed by atoms with E-state index >= 15 is 0 Å². The maximum atomic E-state index is 12.0. The van der Waals surface area contributed by atoms with Crippen molar-refractivity contribution < 1.29 is 9.90 Å². The summed E-state index contributed by atoms with van der Waals surface area (Å²) in [6.45, 7) is 5.20. The molecular formula is C12H23N3O2. The molecule has 2 rings (SSSR count). The van der Waals surface area contributed by atoms with Crippen molar-refractivity contribution in [3.8, 4) is 0 Å². The Bertz CT molecular complexity index is 260. The molecule has 0 spiro atoms. The molecule has 5 nitrogen and oxygen atoms in total. The van der Waals surface area contributed by atoms with Gasteiger partial charge in [-0.15, -0.1) is 0 Å². The van der Waals surface area contributed by atoms with Gasteiger partial charge in [0.15, 0.2) is 0 Å². The van der Waals surface area contributed by atoms with Gasteiger partial charge in [-0.05, 0) is 18.8 Å². The highest BCUT2D eigenvalue weighted by Gasteiger charge is 2.29. The van der Waals surface area contributed by atoms with Crippen molar-refractivity contribution in [3.05, 3.63) is 0 Å². The summed E-state index contributed by atoms with van der Waals surface area (Å²) >= 11 is 0. The lowest BCUT2D eigenvalue weighted by atomic mass is 9.82. The van der Waals surface area contributed by atoms with Crippen LogP contribution in [0.25, 0.3) is 0 Å². The van der Waals surface area contributed by atoms with E-state index in [2.05, 4.69) is 10.2 Å². The summed E-state index contributed by atoms with van der Waals surface area (Å²) in [4.78, 5) is 16.0. The molecule has 0 radical (unpaired) electrons. The van der Waals surface area contributed by atoms with E-state index < -0.39 is 0 Å². The monoisotopic (exact) mass is 241 g/mol. The number of hydrogen-bond acceptors (Lipinski definition) is 4. The summed E-state index contributed by atoms with van der Waals surface area (Å²) in [7, 11) is 1.87. The Morgan fingerprint density at radius 1 is 1.41 bits per heavy atom. The summed E-state index contributed by atoms with van der Waals surface area (Å²) in [6, 6.07) is 0. The smallest absolute Gasteiger partial charge is 0.236 e. The zero-order valence-electron chi connectivity index (χ0n) is 10.6. The van der Waals surface area contributed by atoms with Crippen molar-refractivity contribution in [3.63, 3.8) is 0 Å². The Balaban J connectivity index is 1.67. The minimum atomic E-state index is -0.128. The fourth-order valence-corrected chi connectivity index (χ4v) is 2.52. The fraction of sp³-hybridized carbons (Fsp3) is 0.917. The Kier molecular flexibility index (Phi) is 4.36. The maximum Gasteiger partial charge on any atom is 0.236 e. The van der Waals surface area contributed by atoms with Crippen molar-refractivity contribution in [1.82, 2.24) is 15.1 Å². The molecule has 1 aliphatic carbocycles. The molecule has 2 N–H and O–H groups in total. The molecule has 1 heterocycles. The molecule has 0 bridgehead atoms. The summed E-state index contributed by atoms with van der Waals surface area (Å²) in [6.07, 6.45) is 1.58. The average molecular weight is 241 g/mol. The van der Waals surface area contributed by atoms with E-state index in [9.17, 15) is 9.90 Å². The van der Waals surface area contributed by atoms with Gasteiger partial charge in [-0.2, -0.15) is 0 Å². The van der Waals surface area contributed by atoms with Crippen LogP contribution < -0.4 is 5.32 Å². The maximum absolute atomic E-state index is 12.0. The van der Waals surface area contributed by atoms with E-state index in [1.165, 1.54) is 0 Å². The molecule has 2 fully saturated rings. The van der Waals surface area contributed by atoms with Crippen LogP contribution >= 0.6 is 0 Å². The number of rotatable bonds is 4. The van der Waals surface area contributed by atoms with Crippen LogP contribution in [0.1, 0.15) is 12.8 Å². The number of carbonyl (C=O) groups excluding carboxylic acids is 1. The van der Waals surface area contributed by atoms with Gasteiger partial charge in [-0.3, -0.25) is 9.69 Å². The first-order valence-corrected chi connectivity index (χ1v) is 6.50. The molecule has 1 saturated carbocycles. The van der Waals surface area contributed by atoms with E-state index in [0.29, 0.717) is 12.5 Å². The number of hydrogen-bond donors (Lipinski definition) is 2. The van der Waals surface area contributed by atoms with Gasteiger partial charge in [0, 0.05) is 39.8 Å². The third-order valence-corrected chi connectivity index (χ3v) is 3.74. The Hall–Kier alpha value is -0.650. The van der Waals surface area contributed by atoms with E-state index in [1.54, 1.807) is 0 Å². The van der Waals surface area contributed by atoms with Crippen molar-refractivity contribution in [2.24, 2.45) is 5.92 Å². The van der Waals surface area contributed by atoms with Crippen LogP contribution in [0.2, 0.25) is 0 Å². The first-order valence-electron chi connectivity index (χ1n) is 6.50. The van der Waals surface area contributed by atoms with Gasteiger partial charge in [-0.25, -0.2) is 0 Å². The van der Waals surface area contributed by atoms with Crippen LogP contribution in [0, 0.1) is 5.92 Å². The van der Waals surface area contributed by atoms with Gasteiger partial charge in [0.2, 0.25) is 5.91 Å². The topological polar surface area (TPSA) is 55.8 Å². The van der Waals surface area contributed by atoms with Crippen LogP contribution in [-0.4, -0.2) is 73.2 Å². The number of piperazine rings is 1. The zero-order valence-corrected chi connectivity index (χ0v) is 10.6. The number of aliphatic hydroxyl groups is 1. The molecule has 2 aliphatic rings. The molecule has 5 heteroatoms. The van der Waals surface area contributed by atoms with Crippen LogP contribution in [0.15, 0.2) is 0 Å². The van der Waals surface area contributed by atoms with Crippen LogP contribution in [-0.2, 0) is 4.79 Å². The van der Waals surface area contributed by atoms with Gasteiger partial charge >= 0.3 is 0 Å². The van der Waals surface area contributed by atoms with E-state index in [0.717, 1.165) is 45.6 Å². The quantitative estimate of drug-likeness (QED) is 0.671. The van der Waals surface area contributed by atoms with E-state index in [1.807, 2.05) is 11.9 Å². The highest BCUT2D eigenvalue weighted by atomic mass is 16.3. The SMILES string of the molecule is CN(CC1CC(O)C1)C(=O)CN1CCNCC1. The lowest BCUT2D eigenvalue weighted by Crippen LogP contribution is -2.49. The Morgan fingerprint density at radius 2 is 2.06 bits per heavy atom. The van der Waals surface area contributed by atoms with Gasteiger partial charge < -0.3 is 15.3 Å². The minimum Gasteiger partial charge on any atom is -0.393 e. The van der Waals surface area contributed by atoms with Gasteiger partial charge in [0.25, 0.3) is 0 Å². The lowest BCUT2D eigenvalue weighted by Gasteiger charge is -2.35. The van der Waals surface area contributed by atoms with Crippen LogP contribution in [0.4, 0.5) is 0 Å². The number of nitrogens with zero attached hydrogens (tertiary/aromatic N) is 2. The predicted octanol–water partition coefficient (Wildman–Crippen LogP) is -0.879. The second kappa shape index (κ2) is 5.80. The molecule has 1 aliphatic heterocycles. The number of nitrogens with one attached hydrogen (secondary N) is 1. The van der Waals surface area contributed by atoms with Gasteiger partial charge in [0.1, 0.15) is 0 Å². The number of likely N-dealkylation sites (N-methyl/N-ethyl adjacent to an activating group) is 1. The molecule has 0 aromatic rings. The third kappa shape index (κ3) is 3.66. The normalized spacial score (nSPS) is 29.8. The highest BCUT2D eigenvalue weighted by Crippen LogP contribution is 2.27. The number of aliphatic hydroxyl groups excluding tert-OH is 1. The zero-order chi connectivity index (χ0) is 12.3. The largest absolute Gasteiger partial charge is 0.393 e. The summed E-state index contributed by atoms with van der Waals surface area (Å²) < 4.78 is 0. The van der Waals surface area contributed by atoms with E-state index in [-0.39, 0.29) is 12.0 Å². The lowest BCUT2D eigenvalue weighted by molar-refractivity contribution is -0.132. The second-order valence-corrected chi connectivity index (χ2v) is 5.29.